The highest BCUT2D eigenvalue weighted by atomic mass is 32.1. The fourth-order valence-electron chi connectivity index (χ4n) is 0.725. The monoisotopic (exact) mass is 188 g/mol. The van der Waals surface area contributed by atoms with Crippen molar-refractivity contribution < 1.29 is 10.2 Å². The van der Waals surface area contributed by atoms with E-state index < -0.39 is 5.54 Å². The summed E-state index contributed by atoms with van der Waals surface area (Å²) in [5, 5.41) is 18.3. The van der Waals surface area contributed by atoms with Crippen LogP contribution in [-0.2, 0) is 12.1 Å². The minimum atomic E-state index is -0.745. The first-order valence-electron chi connectivity index (χ1n) is 3.56. The number of nitrogens with zero attached hydrogens (tertiary/aromatic N) is 1. The summed E-state index contributed by atoms with van der Waals surface area (Å²) >= 11 is 1.32. The van der Waals surface area contributed by atoms with Crippen LogP contribution in [0.5, 0.6) is 0 Å². The van der Waals surface area contributed by atoms with E-state index in [9.17, 15) is 0 Å². The smallest absolute Gasteiger partial charge is 0.118 e. The van der Waals surface area contributed by atoms with Crippen molar-refractivity contribution in [1.29, 1.82) is 0 Å². The number of aliphatic hydroxyl groups excluding tert-OH is 2. The van der Waals surface area contributed by atoms with Crippen molar-refractivity contribution in [3.05, 3.63) is 16.1 Å². The lowest BCUT2D eigenvalue weighted by atomic mass is 10.1. The standard InChI is InChI=1S/C7H12N2O2S/c1-7(8,4-11)5-2-9-6(3-10)12-5/h2,10-11H,3-4,8H2,1H3/t7-/m1/s1. The Morgan fingerprint density at radius 3 is 2.75 bits per heavy atom. The molecule has 0 unspecified atom stereocenters. The molecule has 1 aromatic heterocycles. The van der Waals surface area contributed by atoms with Crippen molar-refractivity contribution in [2.75, 3.05) is 6.61 Å². The van der Waals surface area contributed by atoms with Gasteiger partial charge in [-0.3, -0.25) is 0 Å². The molecule has 0 radical (unpaired) electrons. The van der Waals surface area contributed by atoms with Crippen LogP contribution >= 0.6 is 11.3 Å². The summed E-state index contributed by atoms with van der Waals surface area (Å²) in [5.41, 5.74) is 5.00. The van der Waals surface area contributed by atoms with Gasteiger partial charge in [-0.15, -0.1) is 11.3 Å². The summed E-state index contributed by atoms with van der Waals surface area (Å²) in [6.07, 6.45) is 1.59. The summed E-state index contributed by atoms with van der Waals surface area (Å²) in [6.45, 7) is 1.52. The first-order valence-corrected chi connectivity index (χ1v) is 4.37. The van der Waals surface area contributed by atoms with E-state index in [2.05, 4.69) is 4.98 Å². The van der Waals surface area contributed by atoms with Crippen molar-refractivity contribution >= 4 is 11.3 Å². The number of thiazole rings is 1. The van der Waals surface area contributed by atoms with E-state index in [-0.39, 0.29) is 13.2 Å². The molecule has 1 rings (SSSR count). The van der Waals surface area contributed by atoms with Crippen molar-refractivity contribution in [2.45, 2.75) is 19.1 Å². The lowest BCUT2D eigenvalue weighted by molar-refractivity contribution is 0.212. The van der Waals surface area contributed by atoms with E-state index in [0.717, 1.165) is 4.88 Å². The Kier molecular flexibility index (Phi) is 2.79. The van der Waals surface area contributed by atoms with E-state index in [1.165, 1.54) is 11.3 Å². The van der Waals surface area contributed by atoms with Gasteiger partial charge < -0.3 is 15.9 Å². The minimum absolute atomic E-state index is 0.0772. The molecule has 0 fully saturated rings. The van der Waals surface area contributed by atoms with Crippen LogP contribution in [0.3, 0.4) is 0 Å². The number of hydrogen-bond donors (Lipinski definition) is 3. The lowest BCUT2D eigenvalue weighted by Crippen LogP contribution is -2.35. The van der Waals surface area contributed by atoms with Crippen LogP contribution in [0.25, 0.3) is 0 Å². The topological polar surface area (TPSA) is 79.4 Å². The third-order valence-electron chi connectivity index (χ3n) is 1.58. The predicted octanol–water partition coefficient (Wildman–Crippen LogP) is -0.198. The Labute approximate surface area is 74.7 Å². The maximum absolute atomic E-state index is 8.92. The number of hydrogen-bond acceptors (Lipinski definition) is 5. The average molecular weight is 188 g/mol. The largest absolute Gasteiger partial charge is 0.394 e. The molecule has 0 aromatic carbocycles. The van der Waals surface area contributed by atoms with E-state index in [1.54, 1.807) is 13.1 Å². The van der Waals surface area contributed by atoms with Gasteiger partial charge in [-0.05, 0) is 6.92 Å². The van der Waals surface area contributed by atoms with Gasteiger partial charge in [0.2, 0.25) is 0 Å². The summed E-state index contributed by atoms with van der Waals surface area (Å²) in [5.74, 6) is 0. The molecule has 12 heavy (non-hydrogen) atoms. The van der Waals surface area contributed by atoms with Crippen molar-refractivity contribution in [3.63, 3.8) is 0 Å². The lowest BCUT2D eigenvalue weighted by Gasteiger charge is -2.18. The zero-order chi connectivity index (χ0) is 9.19. The second kappa shape index (κ2) is 3.49. The quantitative estimate of drug-likeness (QED) is 0.614. The second-order valence-corrected chi connectivity index (χ2v) is 3.97. The summed E-state index contributed by atoms with van der Waals surface area (Å²) in [7, 11) is 0. The van der Waals surface area contributed by atoms with E-state index in [4.69, 9.17) is 15.9 Å². The Morgan fingerprint density at radius 1 is 1.67 bits per heavy atom. The van der Waals surface area contributed by atoms with Crippen LogP contribution in [0.2, 0.25) is 0 Å². The van der Waals surface area contributed by atoms with Gasteiger partial charge in [-0.1, -0.05) is 0 Å². The average Bonchev–Trinajstić information content (AvgIpc) is 2.52. The van der Waals surface area contributed by atoms with Gasteiger partial charge in [0.05, 0.1) is 18.8 Å². The SMILES string of the molecule is C[C@@](N)(CO)c1cnc(CO)s1. The van der Waals surface area contributed by atoms with E-state index >= 15 is 0 Å². The third kappa shape index (κ3) is 1.81. The Balaban J connectivity index is 2.88. The summed E-state index contributed by atoms with van der Waals surface area (Å²) < 4.78 is 0. The molecular weight excluding hydrogens is 176 g/mol. The van der Waals surface area contributed by atoms with Crippen LogP contribution in [0.15, 0.2) is 6.20 Å². The molecule has 1 aromatic rings. The molecule has 4 nitrogen and oxygen atoms in total. The Morgan fingerprint density at radius 2 is 2.33 bits per heavy atom. The van der Waals surface area contributed by atoms with Gasteiger partial charge in [-0.2, -0.15) is 0 Å². The molecular formula is C7H12N2O2S. The Bertz CT molecular complexity index is 260. The van der Waals surface area contributed by atoms with Gasteiger partial charge in [-0.25, -0.2) is 4.98 Å². The molecule has 4 N–H and O–H groups in total. The van der Waals surface area contributed by atoms with Crippen LogP contribution in [0.4, 0.5) is 0 Å². The fourth-order valence-corrected chi connectivity index (χ4v) is 1.55. The van der Waals surface area contributed by atoms with Crippen LogP contribution in [0, 0.1) is 0 Å². The number of aliphatic hydroxyl groups is 2. The number of nitrogens with two attached hydrogens (primary N) is 1. The van der Waals surface area contributed by atoms with Crippen molar-refractivity contribution in [2.24, 2.45) is 5.73 Å². The first-order chi connectivity index (χ1) is 5.60. The van der Waals surface area contributed by atoms with Gasteiger partial charge in [0, 0.05) is 11.1 Å². The second-order valence-electron chi connectivity index (χ2n) is 2.85. The normalized spacial score (nSPS) is 16.0. The molecule has 0 aliphatic rings. The van der Waals surface area contributed by atoms with Gasteiger partial charge >= 0.3 is 0 Å². The highest BCUT2D eigenvalue weighted by Crippen LogP contribution is 2.23. The molecule has 68 valence electrons. The van der Waals surface area contributed by atoms with Crippen LogP contribution in [0.1, 0.15) is 16.8 Å². The van der Waals surface area contributed by atoms with Crippen molar-refractivity contribution in [1.82, 2.24) is 4.98 Å². The summed E-state index contributed by atoms with van der Waals surface area (Å²) in [6, 6.07) is 0. The van der Waals surface area contributed by atoms with Gasteiger partial charge in [0.25, 0.3) is 0 Å². The molecule has 1 atom stereocenters. The molecule has 0 spiro atoms. The third-order valence-corrected chi connectivity index (χ3v) is 2.84. The highest BCUT2D eigenvalue weighted by Gasteiger charge is 2.22. The molecule has 0 aliphatic carbocycles. The number of rotatable bonds is 3. The Hall–Kier alpha value is -0.490. The molecule has 1 heterocycles. The zero-order valence-electron chi connectivity index (χ0n) is 6.82. The van der Waals surface area contributed by atoms with Crippen molar-refractivity contribution in [3.8, 4) is 0 Å². The fraction of sp³-hybridized carbons (Fsp3) is 0.571. The minimum Gasteiger partial charge on any atom is -0.394 e. The van der Waals surface area contributed by atoms with Gasteiger partial charge in [0.1, 0.15) is 5.01 Å². The molecule has 0 bridgehead atoms. The maximum Gasteiger partial charge on any atom is 0.118 e. The highest BCUT2D eigenvalue weighted by molar-refractivity contribution is 7.11. The van der Waals surface area contributed by atoms with E-state index in [0.29, 0.717) is 5.01 Å². The van der Waals surface area contributed by atoms with Crippen LogP contribution in [-0.4, -0.2) is 21.8 Å². The van der Waals surface area contributed by atoms with Crippen LogP contribution < -0.4 is 5.73 Å². The molecule has 0 saturated carbocycles. The summed E-state index contributed by atoms with van der Waals surface area (Å²) in [4.78, 5) is 4.71. The van der Waals surface area contributed by atoms with Gasteiger partial charge in [0.15, 0.2) is 0 Å². The molecule has 0 aliphatic heterocycles. The predicted molar refractivity (Wildman–Crippen MR) is 46.7 cm³/mol. The molecule has 0 saturated heterocycles. The maximum atomic E-state index is 8.92. The molecule has 0 amide bonds. The van der Waals surface area contributed by atoms with E-state index in [1.807, 2.05) is 0 Å². The molecule has 5 heteroatoms. The first kappa shape index (κ1) is 9.60. The number of aromatic nitrogens is 1. The zero-order valence-corrected chi connectivity index (χ0v) is 7.64.